The number of hydrogen-bond donors (Lipinski definition) is 1. The molecule has 130 valence electrons. The Labute approximate surface area is 137 Å². The minimum absolute atomic E-state index is 0.00543. The summed E-state index contributed by atoms with van der Waals surface area (Å²) >= 11 is 0. The van der Waals surface area contributed by atoms with E-state index in [1.165, 1.54) is 30.1 Å². The third-order valence-electron chi connectivity index (χ3n) is 3.49. The van der Waals surface area contributed by atoms with Crippen molar-refractivity contribution in [2.75, 3.05) is 7.05 Å². The maximum absolute atomic E-state index is 13.0. The van der Waals surface area contributed by atoms with Crippen molar-refractivity contribution < 1.29 is 22.5 Å². The van der Waals surface area contributed by atoms with Crippen molar-refractivity contribution in [1.82, 2.24) is 10.1 Å². The molecule has 0 atom stereocenters. The first-order valence-electron chi connectivity index (χ1n) is 7.16. The van der Waals surface area contributed by atoms with Crippen LogP contribution in [0.25, 0.3) is 0 Å². The van der Waals surface area contributed by atoms with E-state index < -0.39 is 23.2 Å². The molecule has 8 heteroatoms. The van der Waals surface area contributed by atoms with Gasteiger partial charge in [-0.1, -0.05) is 23.4 Å². The number of amides is 1. The van der Waals surface area contributed by atoms with Gasteiger partial charge in [0.15, 0.2) is 0 Å². The Morgan fingerprint density at radius 2 is 1.92 bits per heavy atom. The summed E-state index contributed by atoms with van der Waals surface area (Å²) in [6.45, 7) is 3.10. The highest BCUT2D eigenvalue weighted by Gasteiger charge is 2.34. The number of hydrogen-bond acceptors (Lipinski definition) is 4. The summed E-state index contributed by atoms with van der Waals surface area (Å²) in [6, 6.07) is 5.13. The Morgan fingerprint density at radius 3 is 2.50 bits per heavy atom. The predicted octanol–water partition coefficient (Wildman–Crippen LogP) is 3.16. The molecule has 0 saturated heterocycles. The molecule has 0 aliphatic rings. The minimum Gasteiger partial charge on any atom is -0.364 e. The number of benzene rings is 1. The van der Waals surface area contributed by atoms with Gasteiger partial charge in [0.1, 0.15) is 17.5 Å². The number of carbonyl (C=O) groups is 1. The van der Waals surface area contributed by atoms with Gasteiger partial charge < -0.3 is 15.2 Å². The van der Waals surface area contributed by atoms with Gasteiger partial charge in [-0.05, 0) is 25.5 Å². The van der Waals surface area contributed by atoms with Gasteiger partial charge in [0.25, 0.3) is 5.91 Å². The first-order valence-corrected chi connectivity index (χ1v) is 7.16. The molecule has 0 bridgehead atoms. The van der Waals surface area contributed by atoms with Gasteiger partial charge in [-0.2, -0.15) is 13.2 Å². The Hall–Kier alpha value is -2.35. The van der Waals surface area contributed by atoms with Crippen LogP contribution in [0, 0.1) is 0 Å². The summed E-state index contributed by atoms with van der Waals surface area (Å²) in [7, 11) is 1.41. The summed E-state index contributed by atoms with van der Waals surface area (Å²) in [5.74, 6) is -0.512. The number of carbonyl (C=O) groups excluding carboxylic acids is 1. The summed E-state index contributed by atoms with van der Waals surface area (Å²) in [4.78, 5) is 13.7. The SMILES string of the molecule is CN(Cc1ccccc1C(F)(F)F)C(=O)c1conc1C(C)(C)N. The maximum atomic E-state index is 13.0. The lowest BCUT2D eigenvalue weighted by molar-refractivity contribution is -0.138. The molecule has 1 aromatic carbocycles. The molecule has 2 N–H and O–H groups in total. The van der Waals surface area contributed by atoms with Crippen molar-refractivity contribution in [3.8, 4) is 0 Å². The number of nitrogens with two attached hydrogens (primary N) is 1. The third kappa shape index (κ3) is 3.76. The molecule has 1 heterocycles. The zero-order valence-electron chi connectivity index (χ0n) is 13.5. The van der Waals surface area contributed by atoms with Crippen molar-refractivity contribution in [2.24, 2.45) is 5.73 Å². The molecule has 0 fully saturated rings. The van der Waals surface area contributed by atoms with Gasteiger partial charge in [0.2, 0.25) is 0 Å². The van der Waals surface area contributed by atoms with Gasteiger partial charge in [-0.25, -0.2) is 0 Å². The zero-order valence-corrected chi connectivity index (χ0v) is 13.5. The van der Waals surface area contributed by atoms with Gasteiger partial charge in [0, 0.05) is 13.6 Å². The Bertz CT molecular complexity index is 733. The minimum atomic E-state index is -4.48. The lowest BCUT2D eigenvalue weighted by Crippen LogP contribution is -2.34. The van der Waals surface area contributed by atoms with E-state index >= 15 is 0 Å². The molecule has 0 aliphatic carbocycles. The molecule has 2 aromatic rings. The van der Waals surface area contributed by atoms with E-state index in [9.17, 15) is 18.0 Å². The fourth-order valence-corrected chi connectivity index (χ4v) is 2.32. The van der Waals surface area contributed by atoms with Gasteiger partial charge in [-0.15, -0.1) is 0 Å². The first kappa shape index (κ1) is 18.0. The number of aromatic nitrogens is 1. The Balaban J connectivity index is 2.27. The van der Waals surface area contributed by atoms with Crippen molar-refractivity contribution >= 4 is 5.91 Å². The summed E-state index contributed by atoms with van der Waals surface area (Å²) in [5, 5.41) is 3.73. The number of halogens is 3. The van der Waals surface area contributed by atoms with Crippen LogP contribution in [0.5, 0.6) is 0 Å². The first-order chi connectivity index (χ1) is 11.0. The molecule has 0 saturated carbocycles. The van der Waals surface area contributed by atoms with E-state index in [1.807, 2.05) is 0 Å². The van der Waals surface area contributed by atoms with Crippen molar-refractivity contribution in [3.05, 3.63) is 52.9 Å². The van der Waals surface area contributed by atoms with E-state index in [4.69, 9.17) is 10.3 Å². The lowest BCUT2D eigenvalue weighted by Gasteiger charge is -2.22. The molecule has 2 rings (SSSR count). The van der Waals surface area contributed by atoms with Crippen molar-refractivity contribution in [1.29, 1.82) is 0 Å². The van der Waals surface area contributed by atoms with Gasteiger partial charge >= 0.3 is 6.18 Å². The molecule has 24 heavy (non-hydrogen) atoms. The monoisotopic (exact) mass is 341 g/mol. The van der Waals surface area contributed by atoms with Crippen LogP contribution in [0.3, 0.4) is 0 Å². The molecular weight excluding hydrogens is 323 g/mol. The average Bonchev–Trinajstić information content (AvgIpc) is 2.95. The molecule has 0 spiro atoms. The number of nitrogens with zero attached hydrogens (tertiary/aromatic N) is 2. The Morgan fingerprint density at radius 1 is 1.29 bits per heavy atom. The second kappa shape index (κ2) is 6.27. The van der Waals surface area contributed by atoms with Gasteiger partial charge in [-0.3, -0.25) is 4.79 Å². The molecule has 0 aliphatic heterocycles. The predicted molar refractivity (Wildman–Crippen MR) is 81.0 cm³/mol. The summed E-state index contributed by atoms with van der Waals surface area (Å²) in [6.07, 6.45) is -3.33. The van der Waals surface area contributed by atoms with Crippen LogP contribution in [-0.2, 0) is 18.3 Å². The normalized spacial score (nSPS) is 12.3. The molecule has 5 nitrogen and oxygen atoms in total. The fourth-order valence-electron chi connectivity index (χ4n) is 2.32. The van der Waals surface area contributed by atoms with Crippen LogP contribution in [0.2, 0.25) is 0 Å². The van der Waals surface area contributed by atoms with E-state index in [-0.39, 0.29) is 23.4 Å². The topological polar surface area (TPSA) is 72.4 Å². The smallest absolute Gasteiger partial charge is 0.364 e. The highest BCUT2D eigenvalue weighted by Crippen LogP contribution is 2.32. The number of alkyl halides is 3. The van der Waals surface area contributed by atoms with E-state index in [2.05, 4.69) is 5.16 Å². The Kier molecular flexibility index (Phi) is 4.70. The van der Waals surface area contributed by atoms with E-state index in [0.717, 1.165) is 12.3 Å². The van der Waals surface area contributed by atoms with Crippen LogP contribution in [0.4, 0.5) is 13.2 Å². The largest absolute Gasteiger partial charge is 0.416 e. The highest BCUT2D eigenvalue weighted by molar-refractivity contribution is 5.95. The fraction of sp³-hybridized carbons (Fsp3) is 0.375. The third-order valence-corrected chi connectivity index (χ3v) is 3.49. The standard InChI is InChI=1S/C16H18F3N3O2/c1-15(2,20)13-11(9-24-21-13)14(23)22(3)8-10-6-4-5-7-12(10)16(17,18)19/h4-7,9H,8,20H2,1-3H3. The lowest BCUT2D eigenvalue weighted by atomic mass is 9.98. The van der Waals surface area contributed by atoms with Crippen LogP contribution in [0.1, 0.15) is 41.0 Å². The van der Waals surface area contributed by atoms with Crippen molar-refractivity contribution in [2.45, 2.75) is 32.1 Å². The maximum Gasteiger partial charge on any atom is 0.416 e. The molecule has 0 radical (unpaired) electrons. The highest BCUT2D eigenvalue weighted by atomic mass is 19.4. The molecular formula is C16H18F3N3O2. The molecule has 0 unspecified atom stereocenters. The van der Waals surface area contributed by atoms with Crippen LogP contribution >= 0.6 is 0 Å². The second-order valence-electron chi connectivity index (χ2n) is 6.11. The van der Waals surface area contributed by atoms with Crippen molar-refractivity contribution in [3.63, 3.8) is 0 Å². The molecule has 1 aromatic heterocycles. The quantitative estimate of drug-likeness (QED) is 0.927. The van der Waals surface area contributed by atoms with Gasteiger partial charge in [0.05, 0.1) is 11.1 Å². The summed E-state index contributed by atoms with van der Waals surface area (Å²) < 4.78 is 44.0. The average molecular weight is 341 g/mol. The van der Waals surface area contributed by atoms with E-state index in [1.54, 1.807) is 13.8 Å². The molecule has 1 amide bonds. The van der Waals surface area contributed by atoms with Crippen LogP contribution < -0.4 is 5.73 Å². The van der Waals surface area contributed by atoms with Crippen LogP contribution in [-0.4, -0.2) is 23.0 Å². The van der Waals surface area contributed by atoms with Crippen LogP contribution in [0.15, 0.2) is 35.1 Å². The number of rotatable bonds is 4. The second-order valence-corrected chi connectivity index (χ2v) is 6.11. The zero-order chi connectivity index (χ0) is 18.1. The summed E-state index contributed by atoms with van der Waals surface area (Å²) in [5.41, 5.74) is 4.64. The van der Waals surface area contributed by atoms with E-state index in [0.29, 0.717) is 0 Å².